The summed E-state index contributed by atoms with van der Waals surface area (Å²) in [6.07, 6.45) is 5.07. The van der Waals surface area contributed by atoms with E-state index in [2.05, 4.69) is 15.9 Å². The van der Waals surface area contributed by atoms with Gasteiger partial charge in [0.15, 0.2) is 0 Å². The van der Waals surface area contributed by atoms with Gasteiger partial charge in [-0.15, -0.1) is 0 Å². The van der Waals surface area contributed by atoms with E-state index in [1.165, 1.54) is 6.07 Å². The summed E-state index contributed by atoms with van der Waals surface area (Å²) in [5.74, 6) is 0.300. The third-order valence-electron chi connectivity index (χ3n) is 8.42. The Morgan fingerprint density at radius 3 is 2.82 bits per heavy atom. The molecule has 1 N–H and O–H groups in total. The molecule has 1 aliphatic carbocycles. The topological polar surface area (TPSA) is 80.0 Å². The number of carbonyl (C=O) groups is 1. The highest BCUT2D eigenvalue weighted by molar-refractivity contribution is 9.10. The van der Waals surface area contributed by atoms with Crippen LogP contribution in [0, 0.1) is 25.6 Å². The van der Waals surface area contributed by atoms with E-state index in [9.17, 15) is 19.1 Å². The van der Waals surface area contributed by atoms with Gasteiger partial charge in [0.25, 0.3) is 0 Å². The lowest BCUT2D eigenvalue weighted by atomic mass is 9.71. The van der Waals surface area contributed by atoms with Crippen LogP contribution in [0.25, 0.3) is 11.0 Å². The largest absolute Gasteiger partial charge is 0.488 e. The van der Waals surface area contributed by atoms with Crippen LogP contribution < -0.4 is 10.4 Å². The van der Waals surface area contributed by atoms with E-state index in [-0.39, 0.29) is 30.7 Å². The van der Waals surface area contributed by atoms with Crippen molar-refractivity contribution in [2.75, 3.05) is 13.1 Å². The molecule has 1 amide bonds. The van der Waals surface area contributed by atoms with Crippen molar-refractivity contribution in [1.82, 2.24) is 4.90 Å². The first kappa shape index (κ1) is 26.9. The summed E-state index contributed by atoms with van der Waals surface area (Å²) in [7, 11) is 0. The van der Waals surface area contributed by atoms with Crippen molar-refractivity contribution < 1.29 is 23.4 Å². The predicted octanol–water partition coefficient (Wildman–Crippen LogP) is 5.98. The van der Waals surface area contributed by atoms with E-state index in [1.54, 1.807) is 18.2 Å². The Balaban J connectivity index is 1.29. The van der Waals surface area contributed by atoms with Crippen molar-refractivity contribution in [1.29, 1.82) is 0 Å². The van der Waals surface area contributed by atoms with Crippen molar-refractivity contribution in [2.45, 2.75) is 71.0 Å². The van der Waals surface area contributed by atoms with Crippen LogP contribution in [0.5, 0.6) is 5.75 Å². The molecule has 6 nitrogen and oxygen atoms in total. The lowest BCUT2D eigenvalue weighted by molar-refractivity contribution is -0.143. The van der Waals surface area contributed by atoms with Gasteiger partial charge in [-0.1, -0.05) is 34.8 Å². The number of fused-ring (bicyclic) bond motifs is 2. The first-order valence-corrected chi connectivity index (χ1v) is 14.1. The lowest BCUT2D eigenvalue weighted by Crippen LogP contribution is -2.54. The Morgan fingerprint density at radius 1 is 1.21 bits per heavy atom. The molecule has 5 rings (SSSR count). The number of aryl methyl sites for hydroxylation is 2. The second-order valence-electron chi connectivity index (χ2n) is 10.7. The first-order valence-electron chi connectivity index (χ1n) is 13.3. The number of nitrogens with zero attached hydrogens (tertiary/aromatic N) is 1. The van der Waals surface area contributed by atoms with Crippen LogP contribution in [0.4, 0.5) is 4.39 Å². The molecule has 0 bridgehead atoms. The third-order valence-corrected chi connectivity index (χ3v) is 8.91. The monoisotopic (exact) mass is 585 g/mol. The Kier molecular flexibility index (Phi) is 7.65. The molecule has 3 aromatic rings. The van der Waals surface area contributed by atoms with Gasteiger partial charge in [0, 0.05) is 52.0 Å². The molecular weight excluding hydrogens is 553 g/mol. The number of carbonyl (C=O) groups excluding carboxylic acids is 1. The summed E-state index contributed by atoms with van der Waals surface area (Å²) in [4.78, 5) is 27.9. The molecule has 2 unspecified atom stereocenters. The zero-order chi connectivity index (χ0) is 27.0. The summed E-state index contributed by atoms with van der Waals surface area (Å²) in [5.41, 5.74) is 1.73. The minimum atomic E-state index is -0.627. The van der Waals surface area contributed by atoms with Crippen LogP contribution in [0.15, 0.2) is 44.0 Å². The molecule has 8 heteroatoms. The molecule has 1 saturated heterocycles. The number of aliphatic hydroxyl groups is 1. The molecule has 1 aliphatic heterocycles. The number of likely N-dealkylation sites (tertiary alicyclic amines) is 1. The Morgan fingerprint density at radius 2 is 2.03 bits per heavy atom. The number of hydrogen-bond donors (Lipinski definition) is 1. The summed E-state index contributed by atoms with van der Waals surface area (Å²) in [6.45, 7) is 4.88. The highest BCUT2D eigenvalue weighted by Gasteiger charge is 2.43. The first-order chi connectivity index (χ1) is 18.2. The maximum Gasteiger partial charge on any atom is 0.339 e. The van der Waals surface area contributed by atoms with E-state index in [0.717, 1.165) is 36.6 Å². The van der Waals surface area contributed by atoms with E-state index >= 15 is 0 Å². The highest BCUT2D eigenvalue weighted by Crippen LogP contribution is 2.40. The lowest BCUT2D eigenvalue weighted by Gasteiger charge is -2.47. The van der Waals surface area contributed by atoms with E-state index in [4.69, 9.17) is 9.15 Å². The summed E-state index contributed by atoms with van der Waals surface area (Å²) < 4.78 is 26.4. The quantitative estimate of drug-likeness (QED) is 0.360. The van der Waals surface area contributed by atoms with Crippen LogP contribution >= 0.6 is 15.9 Å². The zero-order valence-electron chi connectivity index (χ0n) is 21.8. The molecule has 38 heavy (non-hydrogen) atoms. The number of hydrogen-bond acceptors (Lipinski definition) is 5. The molecule has 2 fully saturated rings. The molecule has 2 heterocycles. The number of benzene rings is 2. The van der Waals surface area contributed by atoms with Crippen LogP contribution in [-0.2, 0) is 17.8 Å². The fourth-order valence-electron chi connectivity index (χ4n) is 6.00. The molecule has 2 aliphatic rings. The number of rotatable bonds is 6. The number of ether oxygens (including phenoxy) is 1. The number of halogens is 2. The van der Waals surface area contributed by atoms with E-state index in [1.807, 2.05) is 24.8 Å². The minimum absolute atomic E-state index is 0.0108. The minimum Gasteiger partial charge on any atom is -0.488 e. The van der Waals surface area contributed by atoms with Crippen LogP contribution in [0.1, 0.15) is 60.8 Å². The molecule has 2 aromatic carbocycles. The highest BCUT2D eigenvalue weighted by atomic mass is 79.9. The maximum atomic E-state index is 14.2. The van der Waals surface area contributed by atoms with Gasteiger partial charge in [-0.2, -0.15) is 0 Å². The molecular formula is C30H33BrFNO5. The van der Waals surface area contributed by atoms with Crippen molar-refractivity contribution >= 4 is 32.8 Å². The van der Waals surface area contributed by atoms with Gasteiger partial charge in [-0.05, 0) is 69.4 Å². The van der Waals surface area contributed by atoms with Crippen molar-refractivity contribution in [3.05, 3.63) is 73.3 Å². The fraction of sp³-hybridized carbons (Fsp3) is 0.467. The standard InChI is InChI=1S/C30H33BrFNO5/c1-18-23-8-10-26(37-17-20-6-7-22(31)15-25(20)32)19(2)28(23)38-29(35)24(18)9-11-27(34)33-14-13-30(36)12-4-3-5-21(30)16-33/h6-8,10,15,21,36H,3-5,9,11-14,16-17H2,1-2H3. The Labute approximate surface area is 229 Å². The molecule has 0 spiro atoms. The van der Waals surface area contributed by atoms with Crippen molar-refractivity contribution in [2.24, 2.45) is 5.92 Å². The third kappa shape index (κ3) is 5.25. The van der Waals surface area contributed by atoms with Gasteiger partial charge in [0.1, 0.15) is 23.8 Å². The molecule has 1 aromatic heterocycles. The summed E-state index contributed by atoms with van der Waals surface area (Å²) in [5, 5.41) is 11.7. The smallest absolute Gasteiger partial charge is 0.339 e. The van der Waals surface area contributed by atoms with Crippen LogP contribution in [0.2, 0.25) is 0 Å². The molecule has 1 saturated carbocycles. The molecule has 202 valence electrons. The second kappa shape index (κ2) is 10.8. The van der Waals surface area contributed by atoms with E-state index < -0.39 is 11.2 Å². The molecule has 2 atom stereocenters. The van der Waals surface area contributed by atoms with Crippen molar-refractivity contribution in [3.63, 3.8) is 0 Å². The average molecular weight is 586 g/mol. The van der Waals surface area contributed by atoms with Crippen LogP contribution in [-0.4, -0.2) is 34.6 Å². The van der Waals surface area contributed by atoms with Gasteiger partial charge in [-0.3, -0.25) is 4.79 Å². The SMILES string of the molecule is Cc1c(CCC(=O)N2CCC3(O)CCCCC3C2)c(=O)oc2c(C)c(OCc3ccc(Br)cc3F)ccc12. The van der Waals surface area contributed by atoms with Gasteiger partial charge in [0.2, 0.25) is 5.91 Å². The van der Waals surface area contributed by atoms with Crippen molar-refractivity contribution in [3.8, 4) is 5.75 Å². The van der Waals surface area contributed by atoms with E-state index in [0.29, 0.717) is 58.4 Å². The Hall–Kier alpha value is -2.71. The Bertz CT molecular complexity index is 1440. The van der Waals surface area contributed by atoms with Gasteiger partial charge in [-0.25, -0.2) is 9.18 Å². The maximum absolute atomic E-state index is 14.2. The predicted molar refractivity (Wildman–Crippen MR) is 147 cm³/mol. The normalized spacial score (nSPS) is 21.4. The summed E-state index contributed by atoms with van der Waals surface area (Å²) >= 11 is 3.25. The summed E-state index contributed by atoms with van der Waals surface area (Å²) in [6, 6.07) is 8.45. The second-order valence-corrected chi connectivity index (χ2v) is 11.6. The van der Waals surface area contributed by atoms with Gasteiger partial charge >= 0.3 is 5.63 Å². The zero-order valence-corrected chi connectivity index (χ0v) is 23.4. The van der Waals surface area contributed by atoms with Gasteiger partial charge in [0.05, 0.1) is 5.60 Å². The number of amides is 1. The average Bonchev–Trinajstić information content (AvgIpc) is 2.88. The molecule has 0 radical (unpaired) electrons. The van der Waals surface area contributed by atoms with Gasteiger partial charge < -0.3 is 19.2 Å². The fourth-order valence-corrected chi connectivity index (χ4v) is 6.33. The van der Waals surface area contributed by atoms with Crippen LogP contribution in [0.3, 0.4) is 0 Å². The number of piperidine rings is 1.